The van der Waals surface area contributed by atoms with Crippen molar-refractivity contribution in [1.82, 2.24) is 0 Å². The first-order valence-electron chi connectivity index (χ1n) is 6.09. The van der Waals surface area contributed by atoms with E-state index in [4.69, 9.17) is 16.3 Å². The summed E-state index contributed by atoms with van der Waals surface area (Å²) in [6.07, 6.45) is 0. The van der Waals surface area contributed by atoms with Crippen molar-refractivity contribution in [3.8, 4) is 5.75 Å². The van der Waals surface area contributed by atoms with Gasteiger partial charge in [-0.2, -0.15) is 0 Å². The first-order valence-corrected chi connectivity index (χ1v) is 7.26. The Kier molecular flexibility index (Phi) is 5.20. The van der Waals surface area contributed by atoms with Gasteiger partial charge in [0.05, 0.1) is 4.47 Å². The van der Waals surface area contributed by atoms with Gasteiger partial charge in [-0.15, -0.1) is 0 Å². The lowest BCUT2D eigenvalue weighted by molar-refractivity contribution is -0.118. The highest BCUT2D eigenvalue weighted by Gasteiger charge is 2.09. The Bertz CT molecular complexity index is 661. The highest BCUT2D eigenvalue weighted by molar-refractivity contribution is 9.10. The van der Waals surface area contributed by atoms with E-state index < -0.39 is 5.82 Å². The number of amides is 1. The van der Waals surface area contributed by atoms with E-state index in [9.17, 15) is 9.18 Å². The van der Waals surface area contributed by atoms with Gasteiger partial charge in [-0.05, 0) is 64.8 Å². The second-order valence-electron chi connectivity index (χ2n) is 4.37. The number of nitrogens with one attached hydrogen (secondary N) is 1. The second kappa shape index (κ2) is 6.91. The van der Waals surface area contributed by atoms with Crippen LogP contribution in [0.25, 0.3) is 0 Å². The summed E-state index contributed by atoms with van der Waals surface area (Å²) in [5, 5.41) is 3.20. The maximum Gasteiger partial charge on any atom is 0.262 e. The lowest BCUT2D eigenvalue weighted by Crippen LogP contribution is -2.20. The first kappa shape index (κ1) is 15.8. The zero-order valence-corrected chi connectivity index (χ0v) is 13.5. The van der Waals surface area contributed by atoms with E-state index in [-0.39, 0.29) is 12.5 Å². The van der Waals surface area contributed by atoms with Gasteiger partial charge in [-0.1, -0.05) is 11.6 Å². The van der Waals surface area contributed by atoms with E-state index in [2.05, 4.69) is 21.2 Å². The van der Waals surface area contributed by atoms with Gasteiger partial charge in [0, 0.05) is 10.7 Å². The molecular formula is C15H12BrClFNO2. The number of carbonyl (C=O) groups excluding carboxylic acids is 1. The fourth-order valence-electron chi connectivity index (χ4n) is 1.65. The number of rotatable bonds is 4. The molecule has 0 saturated heterocycles. The van der Waals surface area contributed by atoms with Crippen molar-refractivity contribution in [1.29, 1.82) is 0 Å². The molecular weight excluding hydrogens is 361 g/mol. The lowest BCUT2D eigenvalue weighted by atomic mass is 10.2. The summed E-state index contributed by atoms with van der Waals surface area (Å²) in [7, 11) is 0. The van der Waals surface area contributed by atoms with Crippen LogP contribution in [0.2, 0.25) is 5.02 Å². The Morgan fingerprint density at radius 2 is 2.00 bits per heavy atom. The molecule has 110 valence electrons. The molecule has 6 heteroatoms. The van der Waals surface area contributed by atoms with Crippen LogP contribution < -0.4 is 10.1 Å². The molecule has 0 unspecified atom stereocenters. The van der Waals surface area contributed by atoms with E-state index in [0.29, 0.717) is 20.9 Å². The molecule has 21 heavy (non-hydrogen) atoms. The molecule has 0 aliphatic heterocycles. The minimum Gasteiger partial charge on any atom is -0.484 e. The van der Waals surface area contributed by atoms with Gasteiger partial charge in [-0.3, -0.25) is 4.79 Å². The third-order valence-corrected chi connectivity index (χ3v) is 3.58. The summed E-state index contributed by atoms with van der Waals surface area (Å²) in [5.41, 5.74) is 1.17. The predicted octanol–water partition coefficient (Wildman–Crippen LogP) is 4.57. The maximum atomic E-state index is 13.5. The summed E-state index contributed by atoms with van der Waals surface area (Å²) in [5.74, 6) is -0.266. The summed E-state index contributed by atoms with van der Waals surface area (Å²) >= 11 is 8.84. The molecule has 0 radical (unpaired) electrons. The van der Waals surface area contributed by atoms with Crippen LogP contribution >= 0.6 is 27.5 Å². The third kappa shape index (κ3) is 4.44. The zero-order chi connectivity index (χ0) is 15.4. The second-order valence-corrected chi connectivity index (χ2v) is 5.66. The zero-order valence-electron chi connectivity index (χ0n) is 11.1. The topological polar surface area (TPSA) is 38.3 Å². The van der Waals surface area contributed by atoms with Crippen LogP contribution in [0.15, 0.2) is 40.9 Å². The molecule has 2 aromatic rings. The molecule has 0 aliphatic carbocycles. The summed E-state index contributed by atoms with van der Waals surface area (Å²) in [6, 6.07) is 9.54. The molecule has 0 saturated carbocycles. The smallest absolute Gasteiger partial charge is 0.262 e. The SMILES string of the molecule is Cc1cc(Br)c(F)cc1NC(=O)COc1ccc(Cl)cc1. The number of anilines is 1. The molecule has 0 atom stereocenters. The fraction of sp³-hybridized carbons (Fsp3) is 0.133. The Balaban J connectivity index is 1.96. The van der Waals surface area contributed by atoms with Crippen molar-refractivity contribution in [3.05, 3.63) is 57.3 Å². The van der Waals surface area contributed by atoms with Crippen LogP contribution in [0.5, 0.6) is 5.75 Å². The number of ether oxygens (including phenoxy) is 1. The molecule has 0 aliphatic rings. The van der Waals surface area contributed by atoms with Crippen LogP contribution in [-0.2, 0) is 4.79 Å². The van der Waals surface area contributed by atoms with Gasteiger partial charge in [0.25, 0.3) is 5.91 Å². The minimum atomic E-state index is -0.436. The normalized spacial score (nSPS) is 10.3. The molecule has 0 heterocycles. The molecule has 0 bridgehead atoms. The number of hydrogen-bond acceptors (Lipinski definition) is 2. The molecule has 1 N–H and O–H groups in total. The number of carbonyl (C=O) groups is 1. The maximum absolute atomic E-state index is 13.5. The first-order chi connectivity index (χ1) is 9.95. The highest BCUT2D eigenvalue weighted by atomic mass is 79.9. The quantitative estimate of drug-likeness (QED) is 0.854. The summed E-state index contributed by atoms with van der Waals surface area (Å²) < 4.78 is 19.1. The molecule has 0 spiro atoms. The van der Waals surface area contributed by atoms with Crippen molar-refractivity contribution in [2.75, 3.05) is 11.9 Å². The van der Waals surface area contributed by atoms with Crippen LogP contribution in [0.4, 0.5) is 10.1 Å². The molecule has 2 rings (SSSR count). The summed E-state index contributed by atoms with van der Waals surface area (Å²) in [6.45, 7) is 1.61. The van der Waals surface area contributed by atoms with E-state index in [0.717, 1.165) is 5.56 Å². The standard InChI is InChI=1S/C15H12BrClFNO2/c1-9-6-12(16)13(18)7-14(9)19-15(20)8-21-11-4-2-10(17)3-5-11/h2-7H,8H2,1H3,(H,19,20). The van der Waals surface area contributed by atoms with Crippen LogP contribution in [0.3, 0.4) is 0 Å². The Morgan fingerprint density at radius 3 is 2.67 bits per heavy atom. The average Bonchev–Trinajstić information content (AvgIpc) is 2.44. The van der Waals surface area contributed by atoms with E-state index in [1.807, 2.05) is 0 Å². The summed E-state index contributed by atoms with van der Waals surface area (Å²) in [4.78, 5) is 11.8. The number of benzene rings is 2. The van der Waals surface area contributed by atoms with Crippen molar-refractivity contribution >= 4 is 39.1 Å². The monoisotopic (exact) mass is 371 g/mol. The van der Waals surface area contributed by atoms with Gasteiger partial charge in [-0.25, -0.2) is 4.39 Å². The number of aryl methyl sites for hydroxylation is 1. The third-order valence-electron chi connectivity index (χ3n) is 2.72. The van der Waals surface area contributed by atoms with Gasteiger partial charge < -0.3 is 10.1 Å². The Hall–Kier alpha value is -1.59. The van der Waals surface area contributed by atoms with Crippen molar-refractivity contribution in [2.45, 2.75) is 6.92 Å². The predicted molar refractivity (Wildman–Crippen MR) is 84.4 cm³/mol. The Labute approximate surface area is 135 Å². The average molecular weight is 373 g/mol. The molecule has 0 aromatic heterocycles. The van der Waals surface area contributed by atoms with Crippen LogP contribution in [-0.4, -0.2) is 12.5 Å². The van der Waals surface area contributed by atoms with Crippen LogP contribution in [0, 0.1) is 12.7 Å². The van der Waals surface area contributed by atoms with Crippen molar-refractivity contribution < 1.29 is 13.9 Å². The van der Waals surface area contributed by atoms with Gasteiger partial charge in [0.2, 0.25) is 0 Å². The van der Waals surface area contributed by atoms with E-state index in [1.54, 1.807) is 37.3 Å². The molecule has 0 fully saturated rings. The van der Waals surface area contributed by atoms with Crippen molar-refractivity contribution in [3.63, 3.8) is 0 Å². The van der Waals surface area contributed by atoms with Gasteiger partial charge >= 0.3 is 0 Å². The lowest BCUT2D eigenvalue weighted by Gasteiger charge is -2.10. The van der Waals surface area contributed by atoms with E-state index >= 15 is 0 Å². The van der Waals surface area contributed by atoms with Gasteiger partial charge in [0.1, 0.15) is 11.6 Å². The molecule has 3 nitrogen and oxygen atoms in total. The van der Waals surface area contributed by atoms with Crippen molar-refractivity contribution in [2.24, 2.45) is 0 Å². The fourth-order valence-corrected chi connectivity index (χ4v) is 2.23. The Morgan fingerprint density at radius 1 is 1.33 bits per heavy atom. The molecule has 2 aromatic carbocycles. The number of halogens is 3. The largest absolute Gasteiger partial charge is 0.484 e. The van der Waals surface area contributed by atoms with Gasteiger partial charge in [0.15, 0.2) is 6.61 Å². The highest BCUT2D eigenvalue weighted by Crippen LogP contribution is 2.24. The minimum absolute atomic E-state index is 0.168. The molecule has 1 amide bonds. The number of hydrogen-bond donors (Lipinski definition) is 1. The van der Waals surface area contributed by atoms with E-state index in [1.165, 1.54) is 6.07 Å². The van der Waals surface area contributed by atoms with Crippen LogP contribution in [0.1, 0.15) is 5.56 Å².